The van der Waals surface area contributed by atoms with Crippen molar-refractivity contribution in [2.45, 2.75) is 0 Å². The van der Waals surface area contributed by atoms with Gasteiger partial charge >= 0.3 is 0 Å². The van der Waals surface area contributed by atoms with Crippen LogP contribution in [-0.4, -0.2) is 15.1 Å². The molecule has 2 aromatic heterocycles. The first-order valence-electron chi connectivity index (χ1n) is 2.40. The van der Waals surface area contributed by atoms with Gasteiger partial charge in [-0.2, -0.15) is 0 Å². The van der Waals surface area contributed by atoms with Crippen LogP contribution in [0.25, 0.3) is 11.0 Å². The van der Waals surface area contributed by atoms with Crippen molar-refractivity contribution in [2.24, 2.45) is 0 Å². The molecule has 2 rings (SSSR count). The van der Waals surface area contributed by atoms with Crippen LogP contribution in [0.2, 0.25) is 0 Å². The molecule has 0 amide bonds. The second-order valence-corrected chi connectivity index (χ2v) is 1.54. The number of rotatable bonds is 0. The number of hydrogen-bond donors (Lipinski definition) is 0. The summed E-state index contributed by atoms with van der Waals surface area (Å²) in [6, 6.07) is 0. The predicted octanol–water partition coefficient (Wildman–Crippen LogP) is 0.418. The Bertz CT molecular complexity index is 286. The van der Waals surface area contributed by atoms with Gasteiger partial charge in [0.1, 0.15) is 11.8 Å². The molecular weight excluding hydrogens is 118 g/mol. The molecule has 0 aliphatic rings. The van der Waals surface area contributed by atoms with E-state index in [1.54, 1.807) is 6.20 Å². The number of hydrogen-bond acceptors (Lipinski definition) is 4. The van der Waals surface area contributed by atoms with Crippen LogP contribution in [0, 0.1) is 6.26 Å². The summed E-state index contributed by atoms with van der Waals surface area (Å²) in [7, 11) is 0. The van der Waals surface area contributed by atoms with Crippen molar-refractivity contribution in [2.75, 3.05) is 0 Å². The Morgan fingerprint density at radius 3 is 3.44 bits per heavy atom. The molecule has 0 atom stereocenters. The molecule has 9 heavy (non-hydrogen) atoms. The van der Waals surface area contributed by atoms with Crippen LogP contribution in [0.1, 0.15) is 0 Å². The fraction of sp³-hybridized carbons (Fsp3) is 0. The molecule has 4 heteroatoms. The Balaban J connectivity index is 2.95. The van der Waals surface area contributed by atoms with E-state index >= 15 is 0 Å². The normalized spacial score (nSPS) is 10.2. The summed E-state index contributed by atoms with van der Waals surface area (Å²) in [6.07, 6.45) is 5.48. The van der Waals surface area contributed by atoms with E-state index in [1.165, 1.54) is 6.33 Å². The Morgan fingerprint density at radius 2 is 2.56 bits per heavy atom. The smallest absolute Gasteiger partial charge is 0.233 e. The highest BCUT2D eigenvalue weighted by atomic mass is 16.5. The molecule has 1 radical (unpaired) electrons. The van der Waals surface area contributed by atoms with Crippen molar-refractivity contribution < 1.29 is 4.52 Å². The lowest BCUT2D eigenvalue weighted by atomic mass is 10.5. The molecule has 43 valence electrons. The minimum Gasteiger partial charge on any atom is -0.350 e. The molecule has 0 saturated carbocycles. The van der Waals surface area contributed by atoms with Crippen LogP contribution >= 0.6 is 0 Å². The molecule has 0 bridgehead atoms. The predicted molar refractivity (Wildman–Crippen MR) is 28.4 cm³/mol. The first kappa shape index (κ1) is 4.43. The van der Waals surface area contributed by atoms with E-state index in [9.17, 15) is 0 Å². The molecule has 0 N–H and O–H groups in total. The van der Waals surface area contributed by atoms with E-state index in [1.807, 2.05) is 0 Å². The van der Waals surface area contributed by atoms with Gasteiger partial charge in [0.25, 0.3) is 0 Å². The maximum atomic E-state index is 4.49. The first-order valence-corrected chi connectivity index (χ1v) is 2.40. The molecule has 4 nitrogen and oxygen atoms in total. The van der Waals surface area contributed by atoms with Gasteiger partial charge < -0.3 is 4.52 Å². The average Bonchev–Trinajstić information content (AvgIpc) is 2.33. The third kappa shape index (κ3) is 0.561. The molecule has 0 fully saturated rings. The van der Waals surface area contributed by atoms with Crippen LogP contribution in [0.4, 0.5) is 0 Å². The van der Waals surface area contributed by atoms with Gasteiger partial charge in [0.15, 0.2) is 5.52 Å². The zero-order chi connectivity index (χ0) is 6.10. The summed E-state index contributed by atoms with van der Waals surface area (Å²) in [5.74, 6) is 0. The van der Waals surface area contributed by atoms with Crippen LogP contribution in [0.15, 0.2) is 17.0 Å². The third-order valence-electron chi connectivity index (χ3n) is 0.979. The van der Waals surface area contributed by atoms with Crippen molar-refractivity contribution in [3.63, 3.8) is 0 Å². The number of aromatic nitrogens is 3. The molecule has 0 saturated heterocycles. The number of fused-ring (bicyclic) bond motifs is 1. The monoisotopic (exact) mass is 120 g/mol. The summed E-state index contributed by atoms with van der Waals surface area (Å²) in [5.41, 5.74) is 1.25. The summed E-state index contributed by atoms with van der Waals surface area (Å²) >= 11 is 0. The van der Waals surface area contributed by atoms with Crippen LogP contribution in [0.5, 0.6) is 0 Å². The topological polar surface area (TPSA) is 51.8 Å². The highest BCUT2D eigenvalue weighted by Gasteiger charge is 1.95. The van der Waals surface area contributed by atoms with Crippen molar-refractivity contribution >= 4 is 11.0 Å². The summed E-state index contributed by atoms with van der Waals surface area (Å²) in [4.78, 5) is 7.55. The lowest BCUT2D eigenvalue weighted by molar-refractivity contribution is 0.421. The SMILES string of the molecule is [c]1onc2cncnc12. The largest absolute Gasteiger partial charge is 0.350 e. The Kier molecular flexibility index (Phi) is 0.745. The van der Waals surface area contributed by atoms with Gasteiger partial charge in [0.2, 0.25) is 6.26 Å². The van der Waals surface area contributed by atoms with E-state index in [-0.39, 0.29) is 0 Å². The molecule has 0 aliphatic carbocycles. The highest BCUT2D eigenvalue weighted by Crippen LogP contribution is 2.02. The van der Waals surface area contributed by atoms with E-state index in [0.717, 1.165) is 0 Å². The Morgan fingerprint density at radius 1 is 1.56 bits per heavy atom. The second-order valence-electron chi connectivity index (χ2n) is 1.54. The van der Waals surface area contributed by atoms with Crippen molar-refractivity contribution in [1.29, 1.82) is 0 Å². The van der Waals surface area contributed by atoms with E-state index < -0.39 is 0 Å². The van der Waals surface area contributed by atoms with Crippen LogP contribution in [0.3, 0.4) is 0 Å². The first-order chi connectivity index (χ1) is 4.47. The van der Waals surface area contributed by atoms with Gasteiger partial charge in [-0.05, 0) is 0 Å². The second kappa shape index (κ2) is 1.51. The van der Waals surface area contributed by atoms with Crippen LogP contribution in [-0.2, 0) is 0 Å². The molecule has 0 spiro atoms. The minimum atomic E-state index is 0.616. The average molecular weight is 120 g/mol. The van der Waals surface area contributed by atoms with E-state index in [2.05, 4.69) is 25.9 Å². The fourth-order valence-corrected chi connectivity index (χ4v) is 0.583. The lowest BCUT2D eigenvalue weighted by Gasteiger charge is -1.76. The standard InChI is InChI=1S/C5H2N3O/c1-4-5(2-9-8-4)7-3-6-1/h1,3H. The van der Waals surface area contributed by atoms with Gasteiger partial charge in [0, 0.05) is 0 Å². The van der Waals surface area contributed by atoms with Crippen molar-refractivity contribution in [1.82, 2.24) is 15.1 Å². The van der Waals surface area contributed by atoms with Crippen LogP contribution < -0.4 is 0 Å². The molecule has 0 aromatic carbocycles. The number of nitrogens with zero attached hydrogens (tertiary/aromatic N) is 3. The molecule has 0 aliphatic heterocycles. The van der Waals surface area contributed by atoms with Gasteiger partial charge in [-0.1, -0.05) is 5.16 Å². The summed E-state index contributed by atoms with van der Waals surface area (Å²) in [6.45, 7) is 0. The van der Waals surface area contributed by atoms with Gasteiger partial charge in [0.05, 0.1) is 6.20 Å². The maximum Gasteiger partial charge on any atom is 0.233 e. The Hall–Kier alpha value is -1.45. The molecule has 2 heterocycles. The zero-order valence-electron chi connectivity index (χ0n) is 4.40. The van der Waals surface area contributed by atoms with E-state index in [4.69, 9.17) is 0 Å². The van der Waals surface area contributed by atoms with Crippen molar-refractivity contribution in [3.8, 4) is 0 Å². The third-order valence-corrected chi connectivity index (χ3v) is 0.979. The van der Waals surface area contributed by atoms with Gasteiger partial charge in [-0.3, -0.25) is 0 Å². The summed E-state index contributed by atoms with van der Waals surface area (Å²) in [5, 5.41) is 3.56. The maximum absolute atomic E-state index is 4.49. The van der Waals surface area contributed by atoms with Gasteiger partial charge in [-0.15, -0.1) is 0 Å². The zero-order valence-corrected chi connectivity index (χ0v) is 4.40. The summed E-state index contributed by atoms with van der Waals surface area (Å²) < 4.78 is 4.49. The minimum absolute atomic E-state index is 0.616. The molecule has 0 unspecified atom stereocenters. The quantitative estimate of drug-likeness (QED) is 0.505. The Labute approximate surface area is 50.5 Å². The van der Waals surface area contributed by atoms with Crippen molar-refractivity contribution in [3.05, 3.63) is 18.8 Å². The highest BCUT2D eigenvalue weighted by molar-refractivity contribution is 5.69. The van der Waals surface area contributed by atoms with Gasteiger partial charge in [-0.25, -0.2) is 9.97 Å². The lowest BCUT2D eigenvalue weighted by Crippen LogP contribution is -1.74. The fourth-order valence-electron chi connectivity index (χ4n) is 0.583. The molecular formula is C5H2N3O. The molecule has 2 aromatic rings. The van der Waals surface area contributed by atoms with E-state index in [0.29, 0.717) is 11.0 Å².